The molecule has 0 N–H and O–H groups in total. The summed E-state index contributed by atoms with van der Waals surface area (Å²) < 4.78 is 21.7. The smallest absolute Gasteiger partial charge is 0.277 e. The molecular weight excluding hydrogens is 382 g/mol. The highest BCUT2D eigenvalue weighted by Gasteiger charge is 2.22. The molecule has 152 valence electrons. The number of likely N-dealkylation sites (tertiary alicyclic amines) is 1. The van der Waals surface area contributed by atoms with Gasteiger partial charge >= 0.3 is 0 Å². The quantitative estimate of drug-likeness (QED) is 0.647. The fourth-order valence-electron chi connectivity index (χ4n) is 3.22. The molecule has 0 saturated carbocycles. The van der Waals surface area contributed by atoms with Crippen LogP contribution in [0.25, 0.3) is 11.5 Å². The predicted molar refractivity (Wildman–Crippen MR) is 105 cm³/mol. The first-order chi connectivity index (χ1) is 13.5. The van der Waals surface area contributed by atoms with Crippen LogP contribution in [0.15, 0.2) is 21.8 Å². The summed E-state index contributed by atoms with van der Waals surface area (Å²) in [5.74, 6) is 2.74. The molecule has 0 spiro atoms. The summed E-state index contributed by atoms with van der Waals surface area (Å²) in [6, 6.07) is 3.48. The Bertz CT molecular complexity index is 801. The lowest BCUT2D eigenvalue weighted by Crippen LogP contribution is -2.40. The van der Waals surface area contributed by atoms with Gasteiger partial charge in [0.2, 0.25) is 17.5 Å². The Balaban J connectivity index is 1.69. The fraction of sp³-hybridized carbons (Fsp3) is 0.526. The van der Waals surface area contributed by atoms with Gasteiger partial charge in [-0.1, -0.05) is 18.7 Å². The topological polar surface area (TPSA) is 86.9 Å². The second-order valence-corrected chi connectivity index (χ2v) is 7.59. The Hall–Kier alpha value is -2.42. The number of piperidine rings is 1. The number of amides is 1. The monoisotopic (exact) mass is 407 g/mol. The molecule has 1 aromatic carbocycles. The number of aromatic nitrogens is 2. The van der Waals surface area contributed by atoms with Crippen LogP contribution in [0.1, 0.15) is 19.8 Å². The van der Waals surface area contributed by atoms with Crippen LogP contribution < -0.4 is 14.2 Å². The van der Waals surface area contributed by atoms with Crippen molar-refractivity contribution >= 4 is 17.7 Å². The van der Waals surface area contributed by atoms with Gasteiger partial charge in [-0.05, 0) is 30.9 Å². The third-order valence-corrected chi connectivity index (χ3v) is 5.45. The molecule has 1 aliphatic heterocycles. The molecule has 0 radical (unpaired) electrons. The molecule has 1 atom stereocenters. The molecule has 3 rings (SSSR count). The maximum absolute atomic E-state index is 12.4. The van der Waals surface area contributed by atoms with Crippen LogP contribution in [0.2, 0.25) is 0 Å². The number of hydrogen-bond acceptors (Lipinski definition) is 8. The first-order valence-electron chi connectivity index (χ1n) is 9.10. The first kappa shape index (κ1) is 20.3. The summed E-state index contributed by atoms with van der Waals surface area (Å²) in [5, 5.41) is 8.47. The van der Waals surface area contributed by atoms with Crippen molar-refractivity contribution in [1.82, 2.24) is 15.1 Å². The van der Waals surface area contributed by atoms with Gasteiger partial charge in [0.1, 0.15) is 0 Å². The molecule has 2 aromatic rings. The highest BCUT2D eigenvalue weighted by atomic mass is 32.2. The summed E-state index contributed by atoms with van der Waals surface area (Å²) in [4.78, 5) is 14.3. The van der Waals surface area contributed by atoms with E-state index in [0.717, 1.165) is 19.5 Å². The lowest BCUT2D eigenvalue weighted by molar-refractivity contribution is -0.130. The van der Waals surface area contributed by atoms with Gasteiger partial charge < -0.3 is 23.5 Å². The fourth-order valence-corrected chi connectivity index (χ4v) is 3.89. The van der Waals surface area contributed by atoms with Crippen molar-refractivity contribution in [2.24, 2.45) is 5.92 Å². The van der Waals surface area contributed by atoms with Crippen molar-refractivity contribution < 1.29 is 23.4 Å². The first-order valence-corrected chi connectivity index (χ1v) is 10.1. The number of nitrogens with zero attached hydrogens (tertiary/aromatic N) is 3. The summed E-state index contributed by atoms with van der Waals surface area (Å²) >= 11 is 1.25. The van der Waals surface area contributed by atoms with Crippen molar-refractivity contribution in [2.45, 2.75) is 25.0 Å². The molecule has 1 aromatic heterocycles. The third kappa shape index (κ3) is 4.52. The van der Waals surface area contributed by atoms with Crippen LogP contribution >= 0.6 is 11.8 Å². The van der Waals surface area contributed by atoms with E-state index in [-0.39, 0.29) is 11.7 Å². The predicted octanol–water partition coefficient (Wildman–Crippen LogP) is 3.11. The average molecular weight is 407 g/mol. The zero-order valence-electron chi connectivity index (χ0n) is 16.6. The van der Waals surface area contributed by atoms with Gasteiger partial charge in [-0.25, -0.2) is 0 Å². The second-order valence-electron chi connectivity index (χ2n) is 6.66. The molecule has 9 heteroatoms. The largest absolute Gasteiger partial charge is 0.493 e. The molecular formula is C19H25N3O5S. The number of carbonyl (C=O) groups is 1. The van der Waals surface area contributed by atoms with Gasteiger partial charge in [0, 0.05) is 18.7 Å². The minimum absolute atomic E-state index is 0.101. The Morgan fingerprint density at radius 1 is 1.21 bits per heavy atom. The van der Waals surface area contributed by atoms with E-state index in [1.165, 1.54) is 18.2 Å². The lowest BCUT2D eigenvalue weighted by Gasteiger charge is -2.30. The molecule has 1 aliphatic rings. The minimum atomic E-state index is 0.101. The SMILES string of the molecule is COc1cc(-c2nnc(SCC(=O)N3CCCC(C)C3)o2)cc(OC)c1OC. The van der Waals surface area contributed by atoms with Gasteiger partial charge in [-0.2, -0.15) is 0 Å². The van der Waals surface area contributed by atoms with Gasteiger partial charge in [0.25, 0.3) is 5.22 Å². The molecule has 0 aliphatic carbocycles. The van der Waals surface area contributed by atoms with E-state index in [2.05, 4.69) is 17.1 Å². The van der Waals surface area contributed by atoms with Gasteiger partial charge in [-0.3, -0.25) is 4.79 Å². The molecule has 2 heterocycles. The Labute approximate surface area is 168 Å². The second kappa shape index (κ2) is 9.18. The van der Waals surface area contributed by atoms with Crippen LogP contribution in [0.5, 0.6) is 17.2 Å². The number of rotatable bonds is 7. The Morgan fingerprint density at radius 3 is 2.54 bits per heavy atom. The van der Waals surface area contributed by atoms with Crippen LogP contribution in [0.4, 0.5) is 0 Å². The van der Waals surface area contributed by atoms with Crippen molar-refractivity contribution in [1.29, 1.82) is 0 Å². The van der Waals surface area contributed by atoms with Crippen LogP contribution in [0.3, 0.4) is 0 Å². The minimum Gasteiger partial charge on any atom is -0.493 e. The van der Waals surface area contributed by atoms with Gasteiger partial charge in [-0.15, -0.1) is 10.2 Å². The average Bonchev–Trinajstić information content (AvgIpc) is 3.19. The molecule has 8 nitrogen and oxygen atoms in total. The maximum atomic E-state index is 12.4. The molecule has 28 heavy (non-hydrogen) atoms. The summed E-state index contributed by atoms with van der Waals surface area (Å²) in [6.07, 6.45) is 2.24. The summed E-state index contributed by atoms with van der Waals surface area (Å²) in [5.41, 5.74) is 0.644. The van der Waals surface area contributed by atoms with E-state index in [1.54, 1.807) is 33.5 Å². The van der Waals surface area contributed by atoms with Crippen LogP contribution in [-0.2, 0) is 4.79 Å². The van der Waals surface area contributed by atoms with E-state index < -0.39 is 0 Å². The van der Waals surface area contributed by atoms with E-state index in [4.69, 9.17) is 18.6 Å². The number of thioether (sulfide) groups is 1. The third-order valence-electron chi connectivity index (χ3n) is 4.65. The zero-order valence-corrected chi connectivity index (χ0v) is 17.4. The van der Waals surface area contributed by atoms with Gasteiger partial charge in [0.15, 0.2) is 11.5 Å². The normalized spacial score (nSPS) is 16.7. The maximum Gasteiger partial charge on any atom is 0.277 e. The molecule has 1 saturated heterocycles. The van der Waals surface area contributed by atoms with Crippen LogP contribution in [-0.4, -0.2) is 61.2 Å². The molecule has 1 unspecified atom stereocenters. The summed E-state index contributed by atoms with van der Waals surface area (Å²) in [7, 11) is 4.63. The highest BCUT2D eigenvalue weighted by molar-refractivity contribution is 7.99. The number of carbonyl (C=O) groups excluding carboxylic acids is 1. The number of ether oxygens (including phenoxy) is 3. The zero-order chi connectivity index (χ0) is 20.1. The Kier molecular flexibility index (Phi) is 6.66. The highest BCUT2D eigenvalue weighted by Crippen LogP contribution is 2.41. The van der Waals surface area contributed by atoms with Crippen molar-refractivity contribution in [3.8, 4) is 28.7 Å². The van der Waals surface area contributed by atoms with Crippen molar-refractivity contribution in [3.05, 3.63) is 12.1 Å². The lowest BCUT2D eigenvalue weighted by atomic mass is 10.0. The van der Waals surface area contributed by atoms with E-state index in [0.29, 0.717) is 39.8 Å². The number of hydrogen-bond donors (Lipinski definition) is 0. The van der Waals surface area contributed by atoms with Crippen LogP contribution in [0, 0.1) is 5.92 Å². The molecule has 1 amide bonds. The van der Waals surface area contributed by atoms with Crippen molar-refractivity contribution in [2.75, 3.05) is 40.2 Å². The molecule has 0 bridgehead atoms. The van der Waals surface area contributed by atoms with E-state index >= 15 is 0 Å². The standard InChI is InChI=1S/C19H25N3O5S/c1-12-6-5-7-22(10-12)16(23)11-28-19-21-20-18(27-19)13-8-14(24-2)17(26-4)15(9-13)25-3/h8-9,12H,5-7,10-11H2,1-4H3. The van der Waals surface area contributed by atoms with Crippen molar-refractivity contribution in [3.63, 3.8) is 0 Å². The Morgan fingerprint density at radius 2 is 1.93 bits per heavy atom. The van der Waals surface area contributed by atoms with E-state index in [9.17, 15) is 4.79 Å². The number of benzene rings is 1. The van der Waals surface area contributed by atoms with E-state index in [1.807, 2.05) is 4.90 Å². The van der Waals surface area contributed by atoms with Gasteiger partial charge in [0.05, 0.1) is 27.1 Å². The number of methoxy groups -OCH3 is 3. The molecule has 1 fully saturated rings. The summed E-state index contributed by atoms with van der Waals surface area (Å²) in [6.45, 7) is 3.82.